The second-order valence-corrected chi connectivity index (χ2v) is 4.39. The number of nitrogens with one attached hydrogen (secondary N) is 1. The minimum atomic E-state index is -0.299. The highest BCUT2D eigenvalue weighted by atomic mass is 16.2. The maximum absolute atomic E-state index is 12.2. The SMILES string of the molecule is CCCCN1C(=O)C(CC#N)NCCC1C. The lowest BCUT2D eigenvalue weighted by molar-refractivity contribution is -0.134. The van der Waals surface area contributed by atoms with E-state index in [2.05, 4.69) is 25.2 Å². The predicted molar refractivity (Wildman–Crippen MR) is 62.7 cm³/mol. The van der Waals surface area contributed by atoms with Crippen molar-refractivity contribution in [2.24, 2.45) is 0 Å². The average Bonchev–Trinajstić information content (AvgIpc) is 2.39. The fourth-order valence-corrected chi connectivity index (χ4v) is 2.04. The molecule has 0 aromatic carbocycles. The summed E-state index contributed by atoms with van der Waals surface area (Å²) in [7, 11) is 0. The molecule has 0 spiro atoms. The lowest BCUT2D eigenvalue weighted by Gasteiger charge is -2.28. The molecule has 1 fully saturated rings. The fourth-order valence-electron chi connectivity index (χ4n) is 2.04. The number of unbranched alkanes of at least 4 members (excludes halogenated alkanes) is 1. The molecule has 0 aromatic rings. The Morgan fingerprint density at radius 1 is 1.62 bits per heavy atom. The van der Waals surface area contributed by atoms with Crippen molar-refractivity contribution in [1.29, 1.82) is 5.26 Å². The Morgan fingerprint density at radius 2 is 2.38 bits per heavy atom. The topological polar surface area (TPSA) is 56.1 Å². The van der Waals surface area contributed by atoms with E-state index in [9.17, 15) is 4.79 Å². The van der Waals surface area contributed by atoms with Crippen LogP contribution < -0.4 is 5.32 Å². The molecular weight excluding hydrogens is 202 g/mol. The first-order valence-corrected chi connectivity index (χ1v) is 6.11. The molecule has 1 amide bonds. The largest absolute Gasteiger partial charge is 0.339 e. The van der Waals surface area contributed by atoms with E-state index >= 15 is 0 Å². The van der Waals surface area contributed by atoms with E-state index in [0.29, 0.717) is 0 Å². The Kier molecular flexibility index (Phi) is 5.27. The van der Waals surface area contributed by atoms with Gasteiger partial charge in [0.05, 0.1) is 18.5 Å². The fraction of sp³-hybridized carbons (Fsp3) is 0.833. The van der Waals surface area contributed by atoms with Crippen molar-refractivity contribution in [1.82, 2.24) is 10.2 Å². The van der Waals surface area contributed by atoms with Gasteiger partial charge in [0.15, 0.2) is 0 Å². The Labute approximate surface area is 97.6 Å². The number of amides is 1. The van der Waals surface area contributed by atoms with Crippen molar-refractivity contribution in [2.75, 3.05) is 13.1 Å². The van der Waals surface area contributed by atoms with Crippen molar-refractivity contribution in [3.8, 4) is 6.07 Å². The molecule has 1 aliphatic heterocycles. The lowest BCUT2D eigenvalue weighted by atomic mass is 10.1. The van der Waals surface area contributed by atoms with Gasteiger partial charge in [0.25, 0.3) is 0 Å². The average molecular weight is 223 g/mol. The minimum Gasteiger partial charge on any atom is -0.339 e. The molecule has 1 rings (SSSR count). The third kappa shape index (κ3) is 3.21. The maximum atomic E-state index is 12.2. The molecule has 4 heteroatoms. The third-order valence-electron chi connectivity index (χ3n) is 3.11. The minimum absolute atomic E-state index is 0.0972. The van der Waals surface area contributed by atoms with E-state index in [1.807, 2.05) is 4.90 Å². The second kappa shape index (κ2) is 6.49. The van der Waals surface area contributed by atoms with E-state index in [4.69, 9.17) is 5.26 Å². The molecule has 1 heterocycles. The van der Waals surface area contributed by atoms with Crippen LogP contribution in [0.2, 0.25) is 0 Å². The van der Waals surface area contributed by atoms with Crippen molar-refractivity contribution in [2.45, 2.75) is 51.6 Å². The molecule has 4 nitrogen and oxygen atoms in total. The van der Waals surface area contributed by atoms with Gasteiger partial charge in [-0.1, -0.05) is 13.3 Å². The number of nitrogens with zero attached hydrogens (tertiary/aromatic N) is 2. The Balaban J connectivity index is 2.68. The monoisotopic (exact) mass is 223 g/mol. The Hall–Kier alpha value is -1.08. The molecule has 1 aliphatic rings. The van der Waals surface area contributed by atoms with Crippen molar-refractivity contribution in [3.05, 3.63) is 0 Å². The zero-order valence-corrected chi connectivity index (χ0v) is 10.2. The predicted octanol–water partition coefficient (Wildman–Crippen LogP) is 1.28. The van der Waals surface area contributed by atoms with Gasteiger partial charge in [0, 0.05) is 12.6 Å². The zero-order valence-electron chi connectivity index (χ0n) is 10.2. The van der Waals surface area contributed by atoms with Crippen molar-refractivity contribution in [3.63, 3.8) is 0 Å². The summed E-state index contributed by atoms with van der Waals surface area (Å²) in [4.78, 5) is 14.1. The molecule has 16 heavy (non-hydrogen) atoms. The van der Waals surface area contributed by atoms with Crippen LogP contribution in [0.4, 0.5) is 0 Å². The molecule has 2 unspecified atom stereocenters. The molecule has 1 saturated heterocycles. The first-order valence-electron chi connectivity index (χ1n) is 6.11. The van der Waals surface area contributed by atoms with Crippen LogP contribution in [0.3, 0.4) is 0 Å². The number of hydrogen-bond acceptors (Lipinski definition) is 3. The van der Waals surface area contributed by atoms with E-state index < -0.39 is 0 Å². The van der Waals surface area contributed by atoms with Crippen LogP contribution in [-0.4, -0.2) is 36.0 Å². The van der Waals surface area contributed by atoms with E-state index in [-0.39, 0.29) is 24.4 Å². The van der Waals surface area contributed by atoms with E-state index in [1.54, 1.807) is 0 Å². The van der Waals surface area contributed by atoms with Gasteiger partial charge in [0.1, 0.15) is 0 Å². The van der Waals surface area contributed by atoms with Gasteiger partial charge in [-0.15, -0.1) is 0 Å². The molecule has 0 aromatic heterocycles. The van der Waals surface area contributed by atoms with Gasteiger partial charge in [-0.25, -0.2) is 0 Å². The second-order valence-electron chi connectivity index (χ2n) is 4.39. The van der Waals surface area contributed by atoms with Gasteiger partial charge in [-0.3, -0.25) is 4.79 Å². The Bertz CT molecular complexity index is 272. The third-order valence-corrected chi connectivity index (χ3v) is 3.11. The summed E-state index contributed by atoms with van der Waals surface area (Å²) in [5.41, 5.74) is 0. The van der Waals surface area contributed by atoms with Gasteiger partial charge in [-0.05, 0) is 26.3 Å². The number of nitriles is 1. The summed E-state index contributed by atoms with van der Waals surface area (Å²) in [6.45, 7) is 5.85. The molecule has 0 bridgehead atoms. The molecule has 0 aliphatic carbocycles. The Morgan fingerprint density at radius 3 is 3.00 bits per heavy atom. The normalized spacial score (nSPS) is 26.3. The molecule has 1 N–H and O–H groups in total. The van der Waals surface area contributed by atoms with Crippen LogP contribution in [0.5, 0.6) is 0 Å². The summed E-state index contributed by atoms with van der Waals surface area (Å²) in [6.07, 6.45) is 3.37. The maximum Gasteiger partial charge on any atom is 0.241 e. The lowest BCUT2D eigenvalue weighted by Crippen LogP contribution is -2.46. The highest BCUT2D eigenvalue weighted by Crippen LogP contribution is 2.13. The highest BCUT2D eigenvalue weighted by Gasteiger charge is 2.29. The van der Waals surface area contributed by atoms with Crippen LogP contribution in [0.15, 0.2) is 0 Å². The first kappa shape index (κ1) is 13.0. The van der Waals surface area contributed by atoms with Crippen LogP contribution in [0.25, 0.3) is 0 Å². The smallest absolute Gasteiger partial charge is 0.241 e. The number of carbonyl (C=O) groups is 1. The summed E-state index contributed by atoms with van der Waals surface area (Å²) < 4.78 is 0. The van der Waals surface area contributed by atoms with Gasteiger partial charge >= 0.3 is 0 Å². The molecular formula is C12H21N3O. The van der Waals surface area contributed by atoms with Gasteiger partial charge in [-0.2, -0.15) is 5.26 Å². The van der Waals surface area contributed by atoms with E-state index in [1.165, 1.54) is 0 Å². The molecule has 2 atom stereocenters. The highest BCUT2D eigenvalue weighted by molar-refractivity contribution is 5.82. The van der Waals surface area contributed by atoms with Gasteiger partial charge in [0.2, 0.25) is 5.91 Å². The first-order chi connectivity index (χ1) is 7.70. The zero-order chi connectivity index (χ0) is 12.0. The van der Waals surface area contributed by atoms with Crippen LogP contribution in [0, 0.1) is 11.3 Å². The van der Waals surface area contributed by atoms with Crippen molar-refractivity contribution < 1.29 is 4.79 Å². The molecule has 90 valence electrons. The summed E-state index contributed by atoms with van der Waals surface area (Å²) in [5, 5.41) is 11.9. The summed E-state index contributed by atoms with van der Waals surface area (Å²) in [5.74, 6) is 0.0972. The van der Waals surface area contributed by atoms with E-state index in [0.717, 1.165) is 32.4 Å². The summed E-state index contributed by atoms with van der Waals surface area (Å²) >= 11 is 0. The number of hydrogen-bond donors (Lipinski definition) is 1. The summed E-state index contributed by atoms with van der Waals surface area (Å²) in [6, 6.07) is 2.07. The van der Waals surface area contributed by atoms with Crippen LogP contribution in [-0.2, 0) is 4.79 Å². The quantitative estimate of drug-likeness (QED) is 0.781. The molecule has 0 saturated carbocycles. The number of carbonyl (C=O) groups excluding carboxylic acids is 1. The van der Waals surface area contributed by atoms with Crippen LogP contribution in [0.1, 0.15) is 39.5 Å². The standard InChI is InChI=1S/C12H21N3O/c1-3-4-9-15-10(2)6-8-14-11(5-7-13)12(15)16/h10-11,14H,3-6,8-9H2,1-2H3. The van der Waals surface area contributed by atoms with Gasteiger partial charge < -0.3 is 10.2 Å². The molecule has 0 radical (unpaired) electrons. The number of rotatable bonds is 4. The van der Waals surface area contributed by atoms with Crippen LogP contribution >= 0.6 is 0 Å². The van der Waals surface area contributed by atoms with Crippen molar-refractivity contribution >= 4 is 5.91 Å².